The Bertz CT molecular complexity index is 1010. The molecule has 24 heavy (non-hydrogen) atoms. The van der Waals surface area contributed by atoms with Crippen LogP contribution < -0.4 is 4.72 Å². The van der Waals surface area contributed by atoms with Gasteiger partial charge in [-0.1, -0.05) is 59.6 Å². The first-order valence-corrected chi connectivity index (χ1v) is 9.54. The third-order valence-corrected chi connectivity index (χ3v) is 5.97. The molecule has 6 heteroatoms. The number of benzene rings is 3. The molecule has 3 aromatic rings. The monoisotopic (exact) mass is 379 g/mol. The fraction of sp³-hybridized carbons (Fsp3) is 0.111. The van der Waals surface area contributed by atoms with Crippen molar-refractivity contribution >= 4 is 44.0 Å². The van der Waals surface area contributed by atoms with E-state index in [1.165, 1.54) is 0 Å². The van der Waals surface area contributed by atoms with E-state index < -0.39 is 10.0 Å². The number of nitrogens with one attached hydrogen (secondary N) is 1. The molecule has 0 saturated carbocycles. The maximum Gasteiger partial charge on any atom is 0.241 e. The molecule has 0 fully saturated rings. The van der Waals surface area contributed by atoms with Crippen molar-refractivity contribution in [1.82, 2.24) is 4.72 Å². The van der Waals surface area contributed by atoms with Gasteiger partial charge >= 0.3 is 0 Å². The number of fused-ring (bicyclic) bond motifs is 1. The maximum absolute atomic E-state index is 12.7. The minimum atomic E-state index is -3.71. The van der Waals surface area contributed by atoms with E-state index in [-0.39, 0.29) is 11.4 Å². The second kappa shape index (κ2) is 6.73. The van der Waals surface area contributed by atoms with Gasteiger partial charge in [-0.2, -0.15) is 0 Å². The SMILES string of the molecule is Cc1ccc(CNS(=O)(=O)c2cccc3cccc(Cl)c23)cc1Cl. The second-order valence-corrected chi connectivity index (χ2v) is 8.05. The summed E-state index contributed by atoms with van der Waals surface area (Å²) in [5, 5.41) is 2.33. The van der Waals surface area contributed by atoms with Gasteiger partial charge in [0.15, 0.2) is 0 Å². The van der Waals surface area contributed by atoms with Crippen LogP contribution >= 0.6 is 23.2 Å². The van der Waals surface area contributed by atoms with Gasteiger partial charge in [0.25, 0.3) is 0 Å². The first kappa shape index (κ1) is 17.2. The first-order chi connectivity index (χ1) is 11.4. The van der Waals surface area contributed by atoms with Crippen LogP contribution in [0.4, 0.5) is 0 Å². The lowest BCUT2D eigenvalue weighted by atomic mass is 10.1. The molecule has 124 valence electrons. The van der Waals surface area contributed by atoms with Crippen LogP contribution in [0.15, 0.2) is 59.5 Å². The van der Waals surface area contributed by atoms with Gasteiger partial charge in [0, 0.05) is 22.0 Å². The number of hydrogen-bond donors (Lipinski definition) is 1. The maximum atomic E-state index is 12.7. The van der Waals surface area contributed by atoms with E-state index in [1.54, 1.807) is 30.3 Å². The average Bonchev–Trinajstić information content (AvgIpc) is 2.56. The van der Waals surface area contributed by atoms with Gasteiger partial charge < -0.3 is 0 Å². The molecule has 1 N–H and O–H groups in total. The fourth-order valence-electron chi connectivity index (χ4n) is 2.49. The average molecular weight is 380 g/mol. The lowest BCUT2D eigenvalue weighted by Crippen LogP contribution is -2.23. The zero-order valence-electron chi connectivity index (χ0n) is 12.9. The molecule has 0 aliphatic heterocycles. The number of rotatable bonds is 4. The van der Waals surface area contributed by atoms with Crippen molar-refractivity contribution in [2.45, 2.75) is 18.4 Å². The normalized spacial score (nSPS) is 11.8. The highest BCUT2D eigenvalue weighted by Gasteiger charge is 2.18. The van der Waals surface area contributed by atoms with Gasteiger partial charge in [-0.3, -0.25) is 0 Å². The summed E-state index contributed by atoms with van der Waals surface area (Å²) in [6.45, 7) is 2.05. The zero-order chi connectivity index (χ0) is 17.3. The first-order valence-electron chi connectivity index (χ1n) is 7.30. The summed E-state index contributed by atoms with van der Waals surface area (Å²) in [4.78, 5) is 0.170. The van der Waals surface area contributed by atoms with E-state index in [0.717, 1.165) is 16.5 Å². The Balaban J connectivity index is 1.95. The highest BCUT2D eigenvalue weighted by atomic mass is 35.5. The van der Waals surface area contributed by atoms with Crippen LogP contribution in [0.3, 0.4) is 0 Å². The summed E-state index contributed by atoms with van der Waals surface area (Å²) in [6.07, 6.45) is 0. The van der Waals surface area contributed by atoms with Crippen LogP contribution in [0.25, 0.3) is 10.8 Å². The number of halogens is 2. The van der Waals surface area contributed by atoms with E-state index in [4.69, 9.17) is 23.2 Å². The van der Waals surface area contributed by atoms with Gasteiger partial charge in [0.1, 0.15) is 0 Å². The Labute approximate surface area is 151 Å². The summed E-state index contributed by atoms with van der Waals surface area (Å²) in [6, 6.07) is 15.9. The summed E-state index contributed by atoms with van der Waals surface area (Å²) in [7, 11) is -3.71. The molecule has 0 saturated heterocycles. The topological polar surface area (TPSA) is 46.2 Å². The smallest absolute Gasteiger partial charge is 0.207 e. The molecular weight excluding hydrogens is 365 g/mol. The molecule has 0 heterocycles. The highest BCUT2D eigenvalue weighted by molar-refractivity contribution is 7.89. The largest absolute Gasteiger partial charge is 0.241 e. The predicted molar refractivity (Wildman–Crippen MR) is 99.2 cm³/mol. The van der Waals surface area contributed by atoms with E-state index in [2.05, 4.69) is 4.72 Å². The van der Waals surface area contributed by atoms with E-state index in [1.807, 2.05) is 31.2 Å². The molecule has 0 spiro atoms. The molecule has 3 nitrogen and oxygen atoms in total. The number of sulfonamides is 1. The van der Waals surface area contributed by atoms with Gasteiger partial charge in [0.05, 0.1) is 4.90 Å². The zero-order valence-corrected chi connectivity index (χ0v) is 15.2. The lowest BCUT2D eigenvalue weighted by molar-refractivity contribution is 0.582. The molecule has 0 unspecified atom stereocenters. The number of hydrogen-bond acceptors (Lipinski definition) is 2. The van der Waals surface area contributed by atoms with Crippen molar-refractivity contribution in [2.24, 2.45) is 0 Å². The second-order valence-electron chi connectivity index (χ2n) is 5.50. The fourth-order valence-corrected chi connectivity index (χ4v) is 4.30. The third kappa shape index (κ3) is 3.42. The van der Waals surface area contributed by atoms with Crippen LogP contribution in [0, 0.1) is 6.92 Å². The minimum Gasteiger partial charge on any atom is -0.207 e. The van der Waals surface area contributed by atoms with Gasteiger partial charge in [-0.25, -0.2) is 13.1 Å². The quantitative estimate of drug-likeness (QED) is 0.697. The molecular formula is C18H15Cl2NO2S. The summed E-state index contributed by atoms with van der Waals surface area (Å²) in [5.41, 5.74) is 1.74. The van der Waals surface area contributed by atoms with Crippen molar-refractivity contribution in [1.29, 1.82) is 0 Å². The van der Waals surface area contributed by atoms with Crippen molar-refractivity contribution < 1.29 is 8.42 Å². The molecule has 3 aromatic carbocycles. The number of aryl methyl sites for hydroxylation is 1. The molecule has 0 amide bonds. The van der Waals surface area contributed by atoms with Crippen LogP contribution in [0.2, 0.25) is 10.0 Å². The van der Waals surface area contributed by atoms with E-state index in [9.17, 15) is 8.42 Å². The van der Waals surface area contributed by atoms with Crippen molar-refractivity contribution in [3.05, 3.63) is 75.8 Å². The van der Waals surface area contributed by atoms with Gasteiger partial charge in [0.2, 0.25) is 10.0 Å². The van der Waals surface area contributed by atoms with Crippen LogP contribution in [-0.2, 0) is 16.6 Å². The molecule has 0 aliphatic carbocycles. The van der Waals surface area contributed by atoms with Crippen LogP contribution in [0.5, 0.6) is 0 Å². The summed E-state index contributed by atoms with van der Waals surface area (Å²) in [5.74, 6) is 0. The summed E-state index contributed by atoms with van der Waals surface area (Å²) < 4.78 is 28.1. The molecule has 0 aliphatic rings. The molecule has 0 atom stereocenters. The van der Waals surface area contributed by atoms with Crippen LogP contribution in [0.1, 0.15) is 11.1 Å². The molecule has 0 aromatic heterocycles. The Kier molecular flexibility index (Phi) is 4.83. The van der Waals surface area contributed by atoms with Gasteiger partial charge in [-0.15, -0.1) is 0 Å². The van der Waals surface area contributed by atoms with Crippen molar-refractivity contribution in [3.8, 4) is 0 Å². The molecule has 3 rings (SSSR count). The highest BCUT2D eigenvalue weighted by Crippen LogP contribution is 2.29. The Morgan fingerprint density at radius 1 is 0.958 bits per heavy atom. The predicted octanol–water partition coefficient (Wildman–Crippen LogP) is 4.93. The third-order valence-electron chi connectivity index (χ3n) is 3.81. The molecule has 0 radical (unpaired) electrons. The Morgan fingerprint density at radius 3 is 2.38 bits per heavy atom. The van der Waals surface area contributed by atoms with Gasteiger partial charge in [-0.05, 0) is 41.6 Å². The van der Waals surface area contributed by atoms with Crippen LogP contribution in [-0.4, -0.2) is 8.42 Å². The molecule has 0 bridgehead atoms. The van der Waals surface area contributed by atoms with Crippen molar-refractivity contribution in [3.63, 3.8) is 0 Å². The standard InChI is InChI=1S/C18H15Cl2NO2S/c1-12-8-9-13(10-16(12)20)11-21-24(22,23)17-7-3-5-14-4-2-6-15(19)18(14)17/h2-10,21H,11H2,1H3. The lowest BCUT2D eigenvalue weighted by Gasteiger charge is -2.11. The summed E-state index contributed by atoms with van der Waals surface area (Å²) >= 11 is 12.3. The van der Waals surface area contributed by atoms with Crippen molar-refractivity contribution in [2.75, 3.05) is 0 Å². The Morgan fingerprint density at radius 2 is 1.67 bits per heavy atom. The Hall–Kier alpha value is -1.59. The van der Waals surface area contributed by atoms with E-state index >= 15 is 0 Å². The minimum absolute atomic E-state index is 0.156. The van der Waals surface area contributed by atoms with E-state index in [0.29, 0.717) is 15.4 Å².